The zero-order chi connectivity index (χ0) is 9.99. The molecule has 0 rings (SSSR count). The molecule has 1 unspecified atom stereocenters. The van der Waals surface area contributed by atoms with Crippen LogP contribution in [0.3, 0.4) is 0 Å². The molecular weight excluding hydrogens is 160 g/mol. The van der Waals surface area contributed by atoms with Gasteiger partial charge in [0.1, 0.15) is 12.1 Å². The molecule has 0 saturated heterocycles. The minimum absolute atomic E-state index is 0.0127. The lowest BCUT2D eigenvalue weighted by atomic mass is 10.1. The highest BCUT2D eigenvalue weighted by molar-refractivity contribution is 5.56. The lowest BCUT2D eigenvalue weighted by Crippen LogP contribution is -2.69. The molecule has 5 heteroatoms. The second kappa shape index (κ2) is 3.38. The fourth-order valence-electron chi connectivity index (χ4n) is 0.876. The van der Waals surface area contributed by atoms with Crippen molar-refractivity contribution in [3.8, 4) is 0 Å². The number of hydrogen-bond acceptors (Lipinski definition) is 3. The molecule has 1 atom stereocenters. The highest BCUT2D eigenvalue weighted by Crippen LogP contribution is 2.18. The van der Waals surface area contributed by atoms with E-state index in [0.29, 0.717) is 0 Å². The van der Waals surface area contributed by atoms with Gasteiger partial charge in [-0.2, -0.15) is 10.6 Å². The quantitative estimate of drug-likeness (QED) is 0.242. The zero-order valence-corrected chi connectivity index (χ0v) is 7.74. The highest BCUT2D eigenvalue weighted by Gasteiger charge is 2.44. The SMILES string of the molecule is CC(C)(C)[N+](N)(CCO)C(=O)O. The fourth-order valence-corrected chi connectivity index (χ4v) is 0.876. The number of carbonyl (C=O) groups is 1. The van der Waals surface area contributed by atoms with Crippen LogP contribution < -0.4 is 5.84 Å². The second-order valence-corrected chi connectivity index (χ2v) is 3.77. The van der Waals surface area contributed by atoms with Crippen molar-refractivity contribution in [2.24, 2.45) is 5.84 Å². The molecule has 0 fully saturated rings. The van der Waals surface area contributed by atoms with E-state index in [1.165, 1.54) is 0 Å². The van der Waals surface area contributed by atoms with E-state index in [2.05, 4.69) is 0 Å². The van der Waals surface area contributed by atoms with Gasteiger partial charge in [-0.05, 0) is 20.8 Å². The van der Waals surface area contributed by atoms with Crippen LogP contribution in [0, 0.1) is 0 Å². The third kappa shape index (κ3) is 1.94. The van der Waals surface area contributed by atoms with Gasteiger partial charge in [-0.15, -0.1) is 4.59 Å². The third-order valence-corrected chi connectivity index (χ3v) is 1.99. The van der Waals surface area contributed by atoms with Crippen LogP contribution in [0.5, 0.6) is 0 Å². The molecule has 0 saturated carbocycles. The Morgan fingerprint density at radius 2 is 1.92 bits per heavy atom. The number of rotatable bonds is 2. The molecule has 1 amide bonds. The number of nitrogens with zero attached hydrogens (tertiary/aromatic N) is 1. The van der Waals surface area contributed by atoms with Gasteiger partial charge in [-0.1, -0.05) is 0 Å². The van der Waals surface area contributed by atoms with Crippen LogP contribution in [0.25, 0.3) is 0 Å². The van der Waals surface area contributed by atoms with Gasteiger partial charge in [0.2, 0.25) is 0 Å². The summed E-state index contributed by atoms with van der Waals surface area (Å²) in [5.41, 5.74) is -0.617. The van der Waals surface area contributed by atoms with E-state index >= 15 is 0 Å². The van der Waals surface area contributed by atoms with Crippen molar-refractivity contribution in [1.29, 1.82) is 0 Å². The van der Waals surface area contributed by atoms with Crippen LogP contribution in [0.2, 0.25) is 0 Å². The summed E-state index contributed by atoms with van der Waals surface area (Å²) in [4.78, 5) is 10.8. The molecule has 0 aromatic rings. The first kappa shape index (κ1) is 11.4. The third-order valence-electron chi connectivity index (χ3n) is 1.99. The van der Waals surface area contributed by atoms with E-state index in [1.807, 2.05) is 0 Å². The molecule has 0 bridgehead atoms. The Morgan fingerprint density at radius 1 is 1.50 bits per heavy atom. The average molecular weight is 177 g/mol. The summed E-state index contributed by atoms with van der Waals surface area (Å²) in [6, 6.07) is 0. The lowest BCUT2D eigenvalue weighted by Gasteiger charge is -2.37. The predicted octanol–water partition coefficient (Wildman–Crippen LogP) is 0.146. The van der Waals surface area contributed by atoms with Crippen molar-refractivity contribution in [3.63, 3.8) is 0 Å². The van der Waals surface area contributed by atoms with Crippen molar-refractivity contribution in [1.82, 2.24) is 0 Å². The molecule has 0 aromatic carbocycles. The number of nitrogens with two attached hydrogens (primary N) is 1. The largest absolute Gasteiger partial charge is 0.533 e. The molecule has 0 aliphatic heterocycles. The van der Waals surface area contributed by atoms with Crippen LogP contribution in [-0.4, -0.2) is 39.6 Å². The Hall–Kier alpha value is -0.650. The average Bonchev–Trinajstić information content (AvgIpc) is 1.85. The summed E-state index contributed by atoms with van der Waals surface area (Å²) in [6.07, 6.45) is -1.13. The van der Waals surface area contributed by atoms with Gasteiger partial charge >= 0.3 is 6.09 Å². The number of carboxylic acid groups (broad SMARTS) is 1. The summed E-state index contributed by atoms with van der Waals surface area (Å²) >= 11 is 0. The maximum Gasteiger partial charge on any atom is 0.533 e. The molecule has 4 N–H and O–H groups in total. The van der Waals surface area contributed by atoms with E-state index in [0.717, 1.165) is 0 Å². The number of aliphatic hydroxyl groups excluding tert-OH is 1. The number of amides is 1. The van der Waals surface area contributed by atoms with Crippen LogP contribution in [0.15, 0.2) is 0 Å². The molecular formula is C7H17N2O3+. The molecule has 0 aliphatic carbocycles. The number of aliphatic hydroxyl groups is 1. The fraction of sp³-hybridized carbons (Fsp3) is 0.857. The Morgan fingerprint density at radius 3 is 2.00 bits per heavy atom. The molecule has 72 valence electrons. The van der Waals surface area contributed by atoms with Crippen molar-refractivity contribution < 1.29 is 19.6 Å². The Kier molecular flexibility index (Phi) is 3.20. The minimum Gasteiger partial charge on any atom is -0.434 e. The van der Waals surface area contributed by atoms with Gasteiger partial charge < -0.3 is 10.2 Å². The lowest BCUT2D eigenvalue weighted by molar-refractivity contribution is -0.915. The topological polar surface area (TPSA) is 83.5 Å². The monoisotopic (exact) mass is 177 g/mol. The van der Waals surface area contributed by atoms with Crippen molar-refractivity contribution in [2.45, 2.75) is 26.3 Å². The van der Waals surface area contributed by atoms with Crippen molar-refractivity contribution in [3.05, 3.63) is 0 Å². The highest BCUT2D eigenvalue weighted by atomic mass is 16.4. The first-order valence-corrected chi connectivity index (χ1v) is 3.77. The van der Waals surface area contributed by atoms with E-state index in [-0.39, 0.29) is 13.2 Å². The van der Waals surface area contributed by atoms with E-state index in [4.69, 9.17) is 16.1 Å². The Balaban J connectivity index is 4.75. The molecule has 0 aromatic heterocycles. The first-order chi connectivity index (χ1) is 5.25. The summed E-state index contributed by atoms with van der Waals surface area (Å²) in [6.45, 7) is 4.93. The van der Waals surface area contributed by atoms with Crippen LogP contribution >= 0.6 is 0 Å². The van der Waals surface area contributed by atoms with Gasteiger partial charge in [-0.3, -0.25) is 0 Å². The molecule has 0 heterocycles. The number of quaternary nitrogens is 1. The second-order valence-electron chi connectivity index (χ2n) is 3.77. The maximum atomic E-state index is 10.8. The van der Waals surface area contributed by atoms with Crippen LogP contribution in [0.4, 0.5) is 4.79 Å². The Labute approximate surface area is 72.0 Å². The standard InChI is InChI=1S/C7H16N2O3/c1-7(2,3)9(8,4-5-10)6(11)12/h10H,4-5,8H2,1-3H3/p+1. The molecule has 0 spiro atoms. The van der Waals surface area contributed by atoms with E-state index in [9.17, 15) is 4.79 Å². The maximum absolute atomic E-state index is 10.8. The molecule has 0 radical (unpaired) electrons. The summed E-state index contributed by atoms with van der Waals surface area (Å²) < 4.78 is -0.663. The minimum atomic E-state index is -1.13. The van der Waals surface area contributed by atoms with Crippen LogP contribution in [0.1, 0.15) is 20.8 Å². The van der Waals surface area contributed by atoms with Gasteiger partial charge in [0.25, 0.3) is 0 Å². The van der Waals surface area contributed by atoms with E-state index < -0.39 is 16.2 Å². The normalized spacial score (nSPS) is 17.1. The molecule has 5 nitrogen and oxygen atoms in total. The smallest absolute Gasteiger partial charge is 0.434 e. The summed E-state index contributed by atoms with van der Waals surface area (Å²) in [7, 11) is 0. The van der Waals surface area contributed by atoms with Crippen molar-refractivity contribution in [2.75, 3.05) is 13.2 Å². The number of hydrogen-bond donors (Lipinski definition) is 3. The molecule has 12 heavy (non-hydrogen) atoms. The van der Waals surface area contributed by atoms with Crippen LogP contribution in [-0.2, 0) is 0 Å². The first-order valence-electron chi connectivity index (χ1n) is 3.77. The van der Waals surface area contributed by atoms with Crippen molar-refractivity contribution >= 4 is 6.09 Å². The predicted molar refractivity (Wildman–Crippen MR) is 44.2 cm³/mol. The van der Waals surface area contributed by atoms with Gasteiger partial charge in [0.05, 0.1) is 6.61 Å². The zero-order valence-electron chi connectivity index (χ0n) is 7.74. The van der Waals surface area contributed by atoms with Gasteiger partial charge in [-0.25, -0.2) is 0 Å². The summed E-state index contributed by atoms with van der Waals surface area (Å²) in [5, 5.41) is 17.5. The van der Waals surface area contributed by atoms with Gasteiger partial charge in [0, 0.05) is 0 Å². The van der Waals surface area contributed by atoms with Gasteiger partial charge in [0.15, 0.2) is 0 Å². The molecule has 0 aliphatic rings. The van der Waals surface area contributed by atoms with E-state index in [1.54, 1.807) is 20.8 Å². The Bertz CT molecular complexity index is 176. The summed E-state index contributed by atoms with van der Waals surface area (Å²) in [5.74, 6) is 5.61.